The van der Waals surface area contributed by atoms with E-state index >= 15 is 0 Å². The molecule has 0 spiro atoms. The normalized spacial score (nSPS) is 11.7. The summed E-state index contributed by atoms with van der Waals surface area (Å²) in [6.07, 6.45) is -3.65. The Balaban J connectivity index is 2.06. The lowest BCUT2D eigenvalue weighted by Gasteiger charge is -2.11. The summed E-state index contributed by atoms with van der Waals surface area (Å²) in [5, 5.41) is 5.22. The van der Waals surface area contributed by atoms with Gasteiger partial charge in [0.05, 0.1) is 10.5 Å². The highest BCUT2D eigenvalue weighted by atomic mass is 32.2. The second-order valence-corrected chi connectivity index (χ2v) is 7.27. The zero-order chi connectivity index (χ0) is 20.1. The van der Waals surface area contributed by atoms with Crippen molar-refractivity contribution in [1.82, 2.24) is 4.72 Å². The van der Waals surface area contributed by atoms with Crippen LogP contribution in [-0.2, 0) is 16.2 Å². The van der Waals surface area contributed by atoms with Crippen LogP contribution in [0.25, 0.3) is 0 Å². The van der Waals surface area contributed by atoms with Crippen LogP contribution in [-0.4, -0.2) is 21.0 Å². The molecule has 146 valence electrons. The second-order valence-electron chi connectivity index (χ2n) is 5.59. The number of carbonyl (C=O) groups excluding carboxylic acids is 1. The molecule has 2 rings (SSSR count). The number of amides is 2. The van der Waals surface area contributed by atoms with Crippen molar-refractivity contribution >= 4 is 27.4 Å². The van der Waals surface area contributed by atoms with Gasteiger partial charge in [-0.15, -0.1) is 0 Å². The number of alkyl halides is 3. The van der Waals surface area contributed by atoms with Gasteiger partial charge in [-0.25, -0.2) is 17.9 Å². The number of nitrogens with one attached hydrogen (secondary N) is 3. The Morgan fingerprint density at radius 2 is 1.70 bits per heavy atom. The number of sulfonamides is 1. The van der Waals surface area contributed by atoms with Crippen LogP contribution >= 0.6 is 0 Å². The van der Waals surface area contributed by atoms with Crippen LogP contribution in [0.5, 0.6) is 0 Å². The van der Waals surface area contributed by atoms with Gasteiger partial charge in [-0.2, -0.15) is 13.2 Å². The summed E-state index contributed by atoms with van der Waals surface area (Å²) >= 11 is 0. The first kappa shape index (κ1) is 20.6. The largest absolute Gasteiger partial charge is 0.416 e. The third-order valence-corrected chi connectivity index (χ3v) is 4.75. The van der Waals surface area contributed by atoms with Crippen molar-refractivity contribution in [2.75, 3.05) is 17.2 Å². The Kier molecular flexibility index (Phi) is 6.32. The first-order valence-corrected chi connectivity index (χ1v) is 9.45. The van der Waals surface area contributed by atoms with Crippen LogP contribution in [0.4, 0.5) is 29.3 Å². The van der Waals surface area contributed by atoms with E-state index in [9.17, 15) is 26.4 Å². The molecule has 0 unspecified atom stereocenters. The van der Waals surface area contributed by atoms with Crippen molar-refractivity contribution in [3.05, 3.63) is 54.1 Å². The molecule has 0 heterocycles. The van der Waals surface area contributed by atoms with Crippen LogP contribution in [0.2, 0.25) is 0 Å². The van der Waals surface area contributed by atoms with Gasteiger partial charge in [0.25, 0.3) is 10.0 Å². The maximum atomic E-state index is 12.5. The summed E-state index contributed by atoms with van der Waals surface area (Å²) in [5.74, 6) is 0. The smallest absolute Gasteiger partial charge is 0.385 e. The van der Waals surface area contributed by atoms with Crippen molar-refractivity contribution < 1.29 is 26.4 Å². The highest BCUT2D eigenvalue weighted by Gasteiger charge is 2.30. The van der Waals surface area contributed by atoms with Gasteiger partial charge in [-0.05, 0) is 48.9 Å². The molecule has 0 aliphatic rings. The van der Waals surface area contributed by atoms with E-state index in [1.54, 1.807) is 6.07 Å². The Labute approximate surface area is 154 Å². The summed E-state index contributed by atoms with van der Waals surface area (Å²) < 4.78 is 64.0. The quantitative estimate of drug-likeness (QED) is 0.682. The van der Waals surface area contributed by atoms with Gasteiger partial charge in [-0.1, -0.05) is 13.0 Å². The molecule has 3 N–H and O–H groups in total. The minimum Gasteiger partial charge on any atom is -0.385 e. The first-order chi connectivity index (χ1) is 12.6. The molecule has 0 aliphatic carbocycles. The minimum absolute atomic E-state index is 0.0223. The van der Waals surface area contributed by atoms with Gasteiger partial charge in [-0.3, -0.25) is 0 Å². The highest BCUT2D eigenvalue weighted by molar-refractivity contribution is 7.90. The number of carbonyl (C=O) groups is 1. The topological polar surface area (TPSA) is 87.3 Å². The van der Waals surface area contributed by atoms with Crippen LogP contribution < -0.4 is 15.4 Å². The third kappa shape index (κ3) is 5.88. The summed E-state index contributed by atoms with van der Waals surface area (Å²) in [6.45, 7) is 2.62. The van der Waals surface area contributed by atoms with Gasteiger partial charge >= 0.3 is 12.2 Å². The SMILES string of the molecule is CCCNc1cccc(S(=O)(=O)NC(=O)Nc2ccc(C(F)(F)F)cc2)c1. The minimum atomic E-state index is -4.50. The van der Waals surface area contributed by atoms with E-state index in [4.69, 9.17) is 0 Å². The van der Waals surface area contributed by atoms with Crippen LogP contribution in [0.3, 0.4) is 0 Å². The molecule has 0 saturated carbocycles. The van der Waals surface area contributed by atoms with Gasteiger partial charge in [0.2, 0.25) is 0 Å². The molecular formula is C17H18F3N3O3S. The molecule has 0 aromatic heterocycles. The average molecular weight is 401 g/mol. The highest BCUT2D eigenvalue weighted by Crippen LogP contribution is 2.29. The molecule has 2 aromatic rings. The van der Waals surface area contributed by atoms with Crippen molar-refractivity contribution in [3.63, 3.8) is 0 Å². The van der Waals surface area contributed by atoms with Crippen molar-refractivity contribution in [2.45, 2.75) is 24.4 Å². The Hall–Kier alpha value is -2.75. The summed E-state index contributed by atoms with van der Waals surface area (Å²) in [6, 6.07) is 8.47. The average Bonchev–Trinajstić information content (AvgIpc) is 2.59. The monoisotopic (exact) mass is 401 g/mol. The van der Waals surface area contributed by atoms with E-state index in [2.05, 4.69) is 10.6 Å². The van der Waals surface area contributed by atoms with E-state index in [1.807, 2.05) is 11.6 Å². The molecule has 10 heteroatoms. The number of rotatable bonds is 6. The Bertz CT molecular complexity index is 898. The van der Waals surface area contributed by atoms with Gasteiger partial charge in [0, 0.05) is 17.9 Å². The number of hydrogen-bond donors (Lipinski definition) is 3. The molecule has 0 bridgehead atoms. The van der Waals surface area contributed by atoms with Crippen molar-refractivity contribution in [3.8, 4) is 0 Å². The van der Waals surface area contributed by atoms with E-state index in [0.29, 0.717) is 12.2 Å². The predicted octanol–water partition coefficient (Wildman–Crippen LogP) is 4.04. The van der Waals surface area contributed by atoms with Crippen LogP contribution in [0.1, 0.15) is 18.9 Å². The Morgan fingerprint density at radius 3 is 2.30 bits per heavy atom. The van der Waals surface area contributed by atoms with Crippen molar-refractivity contribution in [2.24, 2.45) is 0 Å². The molecule has 0 atom stereocenters. The second kappa shape index (κ2) is 8.30. The van der Waals surface area contributed by atoms with Gasteiger partial charge < -0.3 is 10.6 Å². The van der Waals surface area contributed by atoms with Crippen molar-refractivity contribution in [1.29, 1.82) is 0 Å². The fourth-order valence-electron chi connectivity index (χ4n) is 2.12. The molecule has 2 aromatic carbocycles. The fraction of sp³-hybridized carbons (Fsp3) is 0.235. The predicted molar refractivity (Wildman–Crippen MR) is 96.0 cm³/mol. The molecular weight excluding hydrogens is 383 g/mol. The van der Waals surface area contributed by atoms with Gasteiger partial charge in [0.1, 0.15) is 0 Å². The standard InChI is InChI=1S/C17H18F3N3O3S/c1-2-10-21-14-4-3-5-15(11-14)27(25,26)23-16(24)22-13-8-6-12(7-9-13)17(18,19)20/h3-9,11,21H,2,10H2,1H3,(H2,22,23,24). The fourth-order valence-corrected chi connectivity index (χ4v) is 3.08. The van der Waals surface area contributed by atoms with E-state index < -0.39 is 27.8 Å². The zero-order valence-electron chi connectivity index (χ0n) is 14.3. The number of benzene rings is 2. The lowest BCUT2D eigenvalue weighted by molar-refractivity contribution is -0.137. The van der Waals surface area contributed by atoms with E-state index in [0.717, 1.165) is 30.7 Å². The molecule has 6 nitrogen and oxygen atoms in total. The molecule has 27 heavy (non-hydrogen) atoms. The number of halogens is 3. The van der Waals surface area contributed by atoms with Gasteiger partial charge in [0.15, 0.2) is 0 Å². The third-order valence-electron chi connectivity index (χ3n) is 3.42. The number of hydrogen-bond acceptors (Lipinski definition) is 4. The van der Waals surface area contributed by atoms with E-state index in [1.165, 1.54) is 18.2 Å². The van der Waals surface area contributed by atoms with Crippen LogP contribution in [0.15, 0.2) is 53.4 Å². The summed E-state index contributed by atoms with van der Waals surface area (Å²) in [7, 11) is -4.14. The maximum absolute atomic E-state index is 12.5. The maximum Gasteiger partial charge on any atom is 0.416 e. The zero-order valence-corrected chi connectivity index (χ0v) is 15.1. The molecule has 0 radical (unpaired) electrons. The van der Waals surface area contributed by atoms with E-state index in [-0.39, 0.29) is 10.6 Å². The van der Waals surface area contributed by atoms with Crippen LogP contribution in [0, 0.1) is 0 Å². The Morgan fingerprint density at radius 1 is 1.04 bits per heavy atom. The first-order valence-electron chi connectivity index (χ1n) is 7.97. The lowest BCUT2D eigenvalue weighted by atomic mass is 10.2. The molecule has 0 saturated heterocycles. The molecule has 0 aliphatic heterocycles. The number of urea groups is 1. The molecule has 0 fully saturated rings. The molecule has 2 amide bonds. The lowest BCUT2D eigenvalue weighted by Crippen LogP contribution is -2.34. The summed E-state index contributed by atoms with van der Waals surface area (Å²) in [5.41, 5.74) is -0.269. The number of anilines is 2. The summed E-state index contributed by atoms with van der Waals surface area (Å²) in [4.78, 5) is 11.8.